The van der Waals surface area contributed by atoms with E-state index < -0.39 is 0 Å². The van der Waals surface area contributed by atoms with Crippen LogP contribution in [0.1, 0.15) is 30.5 Å². The minimum Gasteiger partial charge on any atom is -0.256 e. The van der Waals surface area contributed by atoms with Crippen molar-refractivity contribution in [3.63, 3.8) is 0 Å². The molecular formula is C21H17NS. The topological polar surface area (TPSA) is 12.9 Å². The first-order valence-electron chi connectivity index (χ1n) is 7.99. The van der Waals surface area contributed by atoms with Crippen LogP contribution in [-0.2, 0) is 5.41 Å². The van der Waals surface area contributed by atoms with Gasteiger partial charge in [0.1, 0.15) is 0 Å². The molecule has 4 aromatic rings. The summed E-state index contributed by atoms with van der Waals surface area (Å²) in [6.07, 6.45) is 1.91. The summed E-state index contributed by atoms with van der Waals surface area (Å²) in [5, 5.41) is 2.80. The summed E-state index contributed by atoms with van der Waals surface area (Å²) in [5.74, 6) is 0. The number of benzene rings is 2. The van der Waals surface area contributed by atoms with Gasteiger partial charge in [-0.15, -0.1) is 11.3 Å². The van der Waals surface area contributed by atoms with E-state index >= 15 is 0 Å². The fraction of sp³-hybridized carbons (Fsp3) is 0.190. The number of hydrogen-bond acceptors (Lipinski definition) is 2. The molecule has 0 spiro atoms. The minimum atomic E-state index is -0.00265. The van der Waals surface area contributed by atoms with Crippen molar-refractivity contribution < 1.29 is 0 Å². The van der Waals surface area contributed by atoms with Crippen LogP contribution in [0.3, 0.4) is 0 Å². The molecule has 0 amide bonds. The number of fused-ring (bicyclic) bond motifs is 7. The van der Waals surface area contributed by atoms with E-state index in [1.807, 2.05) is 17.5 Å². The molecule has 0 atom stereocenters. The van der Waals surface area contributed by atoms with Crippen molar-refractivity contribution in [2.75, 3.05) is 0 Å². The Kier molecular flexibility index (Phi) is 2.43. The lowest BCUT2D eigenvalue weighted by atomic mass is 9.81. The van der Waals surface area contributed by atoms with E-state index in [1.54, 1.807) is 0 Å². The van der Waals surface area contributed by atoms with Crippen LogP contribution >= 0.6 is 11.3 Å². The highest BCUT2D eigenvalue weighted by molar-refractivity contribution is 7.25. The molecule has 0 N–H and O–H groups in total. The molecule has 23 heavy (non-hydrogen) atoms. The Morgan fingerprint density at radius 1 is 1.00 bits per heavy atom. The summed E-state index contributed by atoms with van der Waals surface area (Å²) < 4.78 is 2.76. The van der Waals surface area contributed by atoms with E-state index in [-0.39, 0.29) is 5.41 Å². The van der Waals surface area contributed by atoms with Gasteiger partial charge in [0.15, 0.2) is 0 Å². The number of nitrogens with zero attached hydrogens (tertiary/aromatic N) is 1. The fourth-order valence-corrected chi connectivity index (χ4v) is 5.29. The quantitative estimate of drug-likeness (QED) is 0.384. The van der Waals surface area contributed by atoms with Gasteiger partial charge in [0.25, 0.3) is 0 Å². The highest BCUT2D eigenvalue weighted by Gasteiger charge is 2.38. The molecule has 0 fully saturated rings. The van der Waals surface area contributed by atoms with Gasteiger partial charge in [-0.1, -0.05) is 38.1 Å². The highest BCUT2D eigenvalue weighted by Crippen LogP contribution is 2.52. The van der Waals surface area contributed by atoms with E-state index in [4.69, 9.17) is 0 Å². The zero-order valence-electron chi connectivity index (χ0n) is 13.5. The molecule has 5 rings (SSSR count). The van der Waals surface area contributed by atoms with Gasteiger partial charge in [-0.3, -0.25) is 4.98 Å². The SMILES string of the molecule is Cc1ccc2c(c1)sc1ccc3c(c12)C(C)(C)c1cccnc1-3. The first kappa shape index (κ1) is 13.3. The number of aromatic nitrogens is 1. The molecule has 0 aliphatic heterocycles. The molecule has 0 saturated heterocycles. The largest absolute Gasteiger partial charge is 0.256 e. The second-order valence-corrected chi connectivity index (χ2v) is 8.07. The Labute approximate surface area is 139 Å². The van der Waals surface area contributed by atoms with Crippen LogP contribution in [0.25, 0.3) is 31.4 Å². The Balaban J connectivity index is 2.00. The molecule has 1 aliphatic carbocycles. The molecule has 112 valence electrons. The van der Waals surface area contributed by atoms with Gasteiger partial charge >= 0.3 is 0 Å². The van der Waals surface area contributed by atoms with Gasteiger partial charge in [-0.2, -0.15) is 0 Å². The number of thiophene rings is 1. The zero-order chi connectivity index (χ0) is 15.8. The van der Waals surface area contributed by atoms with Crippen molar-refractivity contribution in [3.05, 3.63) is 65.4 Å². The van der Waals surface area contributed by atoms with Gasteiger partial charge in [-0.25, -0.2) is 0 Å². The Morgan fingerprint density at radius 2 is 1.87 bits per heavy atom. The molecule has 2 aromatic heterocycles. The van der Waals surface area contributed by atoms with Crippen LogP contribution < -0.4 is 0 Å². The smallest absolute Gasteiger partial charge is 0.0746 e. The van der Waals surface area contributed by atoms with E-state index in [9.17, 15) is 0 Å². The lowest BCUT2D eigenvalue weighted by Crippen LogP contribution is -2.15. The van der Waals surface area contributed by atoms with Crippen molar-refractivity contribution in [1.82, 2.24) is 4.98 Å². The Bertz CT molecular complexity index is 1100. The van der Waals surface area contributed by atoms with Crippen LogP contribution in [0.5, 0.6) is 0 Å². The molecule has 0 unspecified atom stereocenters. The summed E-state index contributed by atoms with van der Waals surface area (Å²) in [6.45, 7) is 6.82. The maximum Gasteiger partial charge on any atom is 0.0746 e. The Hall–Kier alpha value is -2.19. The summed E-state index contributed by atoms with van der Waals surface area (Å²) in [7, 11) is 0. The number of rotatable bonds is 0. The lowest BCUT2D eigenvalue weighted by Gasteiger charge is -2.22. The molecule has 2 heterocycles. The normalized spacial score (nSPS) is 15.1. The van der Waals surface area contributed by atoms with Crippen molar-refractivity contribution >= 4 is 31.5 Å². The van der Waals surface area contributed by atoms with E-state index in [0.717, 1.165) is 5.69 Å². The second-order valence-electron chi connectivity index (χ2n) is 6.99. The first-order valence-corrected chi connectivity index (χ1v) is 8.81. The lowest BCUT2D eigenvalue weighted by molar-refractivity contribution is 0.665. The number of aryl methyl sites for hydroxylation is 1. The zero-order valence-corrected chi connectivity index (χ0v) is 14.3. The van der Waals surface area contributed by atoms with Crippen molar-refractivity contribution in [3.8, 4) is 11.3 Å². The van der Waals surface area contributed by atoms with Crippen molar-refractivity contribution in [1.29, 1.82) is 0 Å². The fourth-order valence-electron chi connectivity index (χ4n) is 4.08. The van der Waals surface area contributed by atoms with Crippen molar-refractivity contribution in [2.24, 2.45) is 0 Å². The summed E-state index contributed by atoms with van der Waals surface area (Å²) in [6, 6.07) is 15.6. The third kappa shape index (κ3) is 1.59. The number of pyridine rings is 1. The number of hydrogen-bond donors (Lipinski definition) is 0. The van der Waals surface area contributed by atoms with Crippen LogP contribution in [0.2, 0.25) is 0 Å². The Morgan fingerprint density at radius 3 is 2.74 bits per heavy atom. The third-order valence-electron chi connectivity index (χ3n) is 5.15. The average molecular weight is 315 g/mol. The van der Waals surface area contributed by atoms with Gasteiger partial charge in [0.2, 0.25) is 0 Å². The van der Waals surface area contributed by atoms with Gasteiger partial charge in [0.05, 0.1) is 5.69 Å². The average Bonchev–Trinajstić information content (AvgIpc) is 3.00. The predicted octanol–water partition coefficient (Wildman–Crippen LogP) is 6.06. The molecule has 0 radical (unpaired) electrons. The standard InChI is InChI=1S/C21H17NS/c1-12-6-7-13-17(11-12)23-16-9-8-14-19(18(13)16)21(2,3)15-5-4-10-22-20(14)15/h4-11H,1-3H3. The van der Waals surface area contributed by atoms with Crippen LogP contribution in [0.4, 0.5) is 0 Å². The van der Waals surface area contributed by atoms with Crippen LogP contribution in [-0.4, -0.2) is 4.98 Å². The minimum absolute atomic E-state index is 0.00265. The van der Waals surface area contributed by atoms with E-state index in [2.05, 4.69) is 68.2 Å². The van der Waals surface area contributed by atoms with E-state index in [1.165, 1.54) is 42.4 Å². The van der Waals surface area contributed by atoms with Gasteiger partial charge < -0.3 is 0 Å². The summed E-state index contributed by atoms with van der Waals surface area (Å²) in [5.41, 5.74) is 6.56. The van der Waals surface area contributed by atoms with Crippen LogP contribution in [0, 0.1) is 6.92 Å². The molecular weight excluding hydrogens is 298 g/mol. The van der Waals surface area contributed by atoms with Crippen LogP contribution in [0.15, 0.2) is 48.7 Å². The van der Waals surface area contributed by atoms with Gasteiger partial charge in [0, 0.05) is 37.3 Å². The summed E-state index contributed by atoms with van der Waals surface area (Å²) in [4.78, 5) is 4.68. The van der Waals surface area contributed by atoms with Gasteiger partial charge in [-0.05, 0) is 41.8 Å². The maximum atomic E-state index is 4.68. The predicted molar refractivity (Wildman–Crippen MR) is 99.4 cm³/mol. The van der Waals surface area contributed by atoms with E-state index in [0.29, 0.717) is 0 Å². The molecule has 0 bridgehead atoms. The monoisotopic (exact) mass is 315 g/mol. The molecule has 1 aliphatic rings. The first-order chi connectivity index (χ1) is 11.1. The molecule has 0 saturated carbocycles. The summed E-state index contributed by atoms with van der Waals surface area (Å²) >= 11 is 1.90. The molecule has 2 heteroatoms. The molecule has 2 aromatic carbocycles. The van der Waals surface area contributed by atoms with Crippen molar-refractivity contribution in [2.45, 2.75) is 26.2 Å². The third-order valence-corrected chi connectivity index (χ3v) is 6.27. The second kappa shape index (κ2) is 4.21. The molecule has 1 nitrogen and oxygen atoms in total. The maximum absolute atomic E-state index is 4.68. The highest BCUT2D eigenvalue weighted by atomic mass is 32.1.